The SMILES string of the molecule is N#Cc1nc(C#N)c(F)c(I)c1F. The summed E-state index contributed by atoms with van der Waals surface area (Å²) in [4.78, 5) is 3.19. The zero-order valence-electron chi connectivity index (χ0n) is 5.98. The van der Waals surface area contributed by atoms with E-state index in [4.69, 9.17) is 10.5 Å². The number of hydrogen-bond donors (Lipinski definition) is 0. The van der Waals surface area contributed by atoms with Crippen molar-refractivity contribution in [1.29, 1.82) is 10.5 Å². The fourth-order valence-electron chi connectivity index (χ4n) is 0.662. The summed E-state index contributed by atoms with van der Waals surface area (Å²) in [5.74, 6) is -2.06. The summed E-state index contributed by atoms with van der Waals surface area (Å²) in [6.07, 6.45) is 0. The summed E-state index contributed by atoms with van der Waals surface area (Å²) in [6, 6.07) is 2.86. The fraction of sp³-hybridized carbons (Fsp3) is 0. The van der Waals surface area contributed by atoms with Gasteiger partial charge in [-0.25, -0.2) is 13.8 Å². The highest BCUT2D eigenvalue weighted by atomic mass is 127. The van der Waals surface area contributed by atoms with Gasteiger partial charge in [0.1, 0.15) is 12.1 Å². The van der Waals surface area contributed by atoms with E-state index in [1.807, 2.05) is 0 Å². The fourth-order valence-corrected chi connectivity index (χ4v) is 1.17. The van der Waals surface area contributed by atoms with Gasteiger partial charge in [-0.2, -0.15) is 10.5 Å². The number of nitrogens with zero attached hydrogens (tertiary/aromatic N) is 3. The number of rotatable bonds is 0. The average molecular weight is 291 g/mol. The highest BCUT2D eigenvalue weighted by molar-refractivity contribution is 14.1. The molecule has 0 aromatic carbocycles. The van der Waals surface area contributed by atoms with Crippen LogP contribution in [0.25, 0.3) is 0 Å². The van der Waals surface area contributed by atoms with Crippen molar-refractivity contribution in [2.75, 3.05) is 0 Å². The topological polar surface area (TPSA) is 60.5 Å². The molecular formula is C7F2IN3. The molecular weight excluding hydrogens is 291 g/mol. The Hall–Kier alpha value is -1.28. The van der Waals surface area contributed by atoms with Crippen molar-refractivity contribution in [2.24, 2.45) is 0 Å². The largest absolute Gasteiger partial charge is 0.220 e. The highest BCUT2D eigenvalue weighted by Gasteiger charge is 2.17. The summed E-state index contributed by atoms with van der Waals surface area (Å²) in [5, 5.41) is 16.7. The van der Waals surface area contributed by atoms with E-state index in [2.05, 4.69) is 4.98 Å². The first-order valence-electron chi connectivity index (χ1n) is 2.96. The Morgan fingerprint density at radius 1 is 1.08 bits per heavy atom. The first-order chi connectivity index (χ1) is 6.11. The van der Waals surface area contributed by atoms with Crippen LogP contribution in [0.4, 0.5) is 8.78 Å². The van der Waals surface area contributed by atoms with E-state index in [1.165, 1.54) is 34.7 Å². The van der Waals surface area contributed by atoms with Gasteiger partial charge in [0.15, 0.2) is 23.0 Å². The van der Waals surface area contributed by atoms with Gasteiger partial charge < -0.3 is 0 Å². The minimum Gasteiger partial charge on any atom is -0.220 e. The molecule has 6 heteroatoms. The molecule has 1 aromatic rings. The molecule has 1 rings (SSSR count). The van der Waals surface area contributed by atoms with Crippen molar-refractivity contribution in [3.8, 4) is 12.1 Å². The second-order valence-electron chi connectivity index (χ2n) is 1.97. The molecule has 0 aliphatic carbocycles. The maximum absolute atomic E-state index is 12.9. The molecule has 1 heterocycles. The van der Waals surface area contributed by atoms with Crippen molar-refractivity contribution >= 4 is 22.6 Å². The van der Waals surface area contributed by atoms with Gasteiger partial charge in [0.25, 0.3) is 0 Å². The Labute approximate surface area is 85.8 Å². The molecule has 0 N–H and O–H groups in total. The minimum absolute atomic E-state index is 0.388. The zero-order chi connectivity index (χ0) is 10.0. The Morgan fingerprint density at radius 3 is 1.77 bits per heavy atom. The molecule has 13 heavy (non-hydrogen) atoms. The molecule has 3 nitrogen and oxygen atoms in total. The van der Waals surface area contributed by atoms with Gasteiger partial charge in [0.05, 0.1) is 3.57 Å². The lowest BCUT2D eigenvalue weighted by Gasteiger charge is -1.99. The monoisotopic (exact) mass is 291 g/mol. The lowest BCUT2D eigenvalue weighted by molar-refractivity contribution is 0.553. The summed E-state index contributed by atoms with van der Waals surface area (Å²) < 4.78 is 25.5. The molecule has 0 spiro atoms. The highest BCUT2D eigenvalue weighted by Crippen LogP contribution is 2.18. The molecule has 0 aliphatic rings. The molecule has 0 radical (unpaired) electrons. The maximum atomic E-state index is 12.9. The summed E-state index contributed by atoms with van der Waals surface area (Å²) in [7, 11) is 0. The van der Waals surface area contributed by atoms with Crippen LogP contribution in [0.2, 0.25) is 0 Å². The molecule has 0 aliphatic heterocycles. The predicted molar refractivity (Wildman–Crippen MR) is 46.3 cm³/mol. The van der Waals surface area contributed by atoms with Gasteiger partial charge in [-0.05, 0) is 22.6 Å². The van der Waals surface area contributed by atoms with E-state index in [0.717, 1.165) is 0 Å². The predicted octanol–water partition coefficient (Wildman–Crippen LogP) is 1.71. The van der Waals surface area contributed by atoms with Crippen molar-refractivity contribution < 1.29 is 8.78 Å². The van der Waals surface area contributed by atoms with Crippen LogP contribution in [0.15, 0.2) is 0 Å². The van der Waals surface area contributed by atoms with E-state index < -0.39 is 23.0 Å². The third-order valence-electron chi connectivity index (χ3n) is 1.24. The zero-order valence-corrected chi connectivity index (χ0v) is 8.13. The van der Waals surface area contributed by atoms with Gasteiger partial charge in [0, 0.05) is 0 Å². The van der Waals surface area contributed by atoms with Crippen LogP contribution in [0.5, 0.6) is 0 Å². The van der Waals surface area contributed by atoms with Crippen LogP contribution >= 0.6 is 22.6 Å². The Bertz CT molecular complexity index is 406. The Morgan fingerprint density at radius 2 is 1.46 bits per heavy atom. The van der Waals surface area contributed by atoms with Crippen molar-refractivity contribution in [3.05, 3.63) is 26.6 Å². The maximum Gasteiger partial charge on any atom is 0.178 e. The normalized spacial score (nSPS) is 9.00. The summed E-state index contributed by atoms with van der Waals surface area (Å²) in [6.45, 7) is 0. The first-order valence-corrected chi connectivity index (χ1v) is 4.04. The van der Waals surface area contributed by atoms with Crippen LogP contribution in [-0.4, -0.2) is 4.98 Å². The minimum atomic E-state index is -1.03. The van der Waals surface area contributed by atoms with Gasteiger partial charge in [-0.3, -0.25) is 0 Å². The van der Waals surface area contributed by atoms with Crippen molar-refractivity contribution in [2.45, 2.75) is 0 Å². The van der Waals surface area contributed by atoms with Crippen molar-refractivity contribution in [1.82, 2.24) is 4.98 Å². The number of nitriles is 2. The van der Waals surface area contributed by atoms with E-state index in [-0.39, 0.29) is 3.57 Å². The molecule has 0 saturated heterocycles. The number of hydrogen-bond acceptors (Lipinski definition) is 3. The second kappa shape index (κ2) is 3.62. The first kappa shape index (κ1) is 9.81. The van der Waals surface area contributed by atoms with Crippen LogP contribution in [-0.2, 0) is 0 Å². The average Bonchev–Trinajstić information content (AvgIpc) is 2.15. The van der Waals surface area contributed by atoms with Gasteiger partial charge >= 0.3 is 0 Å². The van der Waals surface area contributed by atoms with E-state index in [9.17, 15) is 8.78 Å². The van der Waals surface area contributed by atoms with E-state index in [0.29, 0.717) is 0 Å². The molecule has 0 atom stereocenters. The molecule has 64 valence electrons. The van der Waals surface area contributed by atoms with Gasteiger partial charge in [0.2, 0.25) is 0 Å². The van der Waals surface area contributed by atoms with Crippen molar-refractivity contribution in [3.63, 3.8) is 0 Å². The van der Waals surface area contributed by atoms with Gasteiger partial charge in [-0.15, -0.1) is 0 Å². The molecule has 0 saturated carbocycles. The molecule has 0 bridgehead atoms. The number of halogens is 3. The third-order valence-corrected chi connectivity index (χ3v) is 2.18. The molecule has 0 amide bonds. The summed E-state index contributed by atoms with van der Waals surface area (Å²) in [5.41, 5.74) is -1.13. The van der Waals surface area contributed by atoms with Crippen LogP contribution in [0.1, 0.15) is 11.4 Å². The molecule has 0 fully saturated rings. The van der Waals surface area contributed by atoms with E-state index >= 15 is 0 Å². The van der Waals surface area contributed by atoms with Gasteiger partial charge in [-0.1, -0.05) is 0 Å². The van der Waals surface area contributed by atoms with Crippen LogP contribution < -0.4 is 0 Å². The molecule has 1 aromatic heterocycles. The second-order valence-corrected chi connectivity index (χ2v) is 3.05. The number of pyridine rings is 1. The number of aromatic nitrogens is 1. The lowest BCUT2D eigenvalue weighted by atomic mass is 10.3. The quantitative estimate of drug-likeness (QED) is 0.684. The van der Waals surface area contributed by atoms with Crippen LogP contribution in [0.3, 0.4) is 0 Å². The smallest absolute Gasteiger partial charge is 0.178 e. The third kappa shape index (κ3) is 1.58. The van der Waals surface area contributed by atoms with E-state index in [1.54, 1.807) is 0 Å². The Balaban J connectivity index is 3.60. The van der Waals surface area contributed by atoms with Crippen LogP contribution in [0, 0.1) is 37.9 Å². The molecule has 0 unspecified atom stereocenters. The summed E-state index contributed by atoms with van der Waals surface area (Å²) >= 11 is 1.37. The lowest BCUT2D eigenvalue weighted by Crippen LogP contribution is -2.01. The standard InChI is InChI=1S/C7F2IN3/c8-5-3(1-11)13-4(2-12)6(9)7(5)10. The Kier molecular flexibility index (Phi) is 2.73.